The van der Waals surface area contributed by atoms with Crippen LogP contribution < -0.4 is 11.1 Å². The van der Waals surface area contributed by atoms with Crippen molar-refractivity contribution in [3.8, 4) is 11.3 Å². The van der Waals surface area contributed by atoms with E-state index >= 15 is 0 Å². The summed E-state index contributed by atoms with van der Waals surface area (Å²) in [5, 5.41) is 9.97. The highest BCUT2D eigenvalue weighted by Crippen LogP contribution is 2.20. The SMILES string of the molecule is C.C=C(NC)C(F)(F)F.CC(=O)c1ccc(Cn2cc(-c3ccc(N)nc3)nn2)cc1F. The summed E-state index contributed by atoms with van der Waals surface area (Å²) in [5.74, 6) is -0.395. The first kappa shape index (κ1) is 26.3. The number of nitrogens with zero attached hydrogens (tertiary/aromatic N) is 4. The van der Waals surface area contributed by atoms with Gasteiger partial charge in [0.15, 0.2) is 5.78 Å². The minimum Gasteiger partial charge on any atom is -0.385 e. The number of pyridine rings is 1. The first-order valence-corrected chi connectivity index (χ1v) is 8.86. The normalized spacial score (nSPS) is 10.4. The minimum absolute atomic E-state index is 0. The average Bonchev–Trinajstić information content (AvgIpc) is 3.16. The van der Waals surface area contributed by atoms with Gasteiger partial charge in [0.1, 0.15) is 23.0 Å². The molecular weight excluding hydrogens is 428 g/mol. The van der Waals surface area contributed by atoms with E-state index in [0.717, 1.165) is 5.56 Å². The number of ketones is 1. The van der Waals surface area contributed by atoms with Crippen LogP contribution in [0.1, 0.15) is 30.3 Å². The Kier molecular flexibility index (Phi) is 9.06. The molecule has 0 saturated heterocycles. The van der Waals surface area contributed by atoms with E-state index < -0.39 is 17.7 Å². The molecule has 0 spiro atoms. The number of rotatable bonds is 5. The molecule has 0 fully saturated rings. The number of Topliss-reactive ketones (excluding diaryl/α,β-unsaturated/α-hetero) is 1. The number of nitrogens with two attached hydrogens (primary N) is 1. The quantitative estimate of drug-likeness (QED) is 0.444. The lowest BCUT2D eigenvalue weighted by Gasteiger charge is -2.06. The molecule has 3 N–H and O–H groups in total. The van der Waals surface area contributed by atoms with Gasteiger partial charge in [-0.3, -0.25) is 4.79 Å². The molecule has 0 amide bonds. The number of hydrogen-bond donors (Lipinski definition) is 2. The lowest BCUT2D eigenvalue weighted by atomic mass is 10.1. The molecule has 2 heterocycles. The minimum atomic E-state index is -4.30. The van der Waals surface area contributed by atoms with E-state index in [1.165, 1.54) is 26.1 Å². The third-order valence-corrected chi connectivity index (χ3v) is 4.02. The summed E-state index contributed by atoms with van der Waals surface area (Å²) in [6.45, 7) is 4.40. The van der Waals surface area contributed by atoms with Crippen LogP contribution in [0.5, 0.6) is 0 Å². The van der Waals surface area contributed by atoms with Crippen LogP contribution in [0.3, 0.4) is 0 Å². The second-order valence-corrected chi connectivity index (χ2v) is 6.37. The maximum atomic E-state index is 13.8. The van der Waals surface area contributed by atoms with Gasteiger partial charge < -0.3 is 11.1 Å². The molecule has 172 valence electrons. The predicted molar refractivity (Wildman–Crippen MR) is 114 cm³/mol. The molecule has 0 saturated carbocycles. The van der Waals surface area contributed by atoms with Gasteiger partial charge in [0.2, 0.25) is 0 Å². The van der Waals surface area contributed by atoms with Crippen molar-refractivity contribution in [3.05, 3.63) is 71.9 Å². The molecule has 1 aromatic carbocycles. The van der Waals surface area contributed by atoms with E-state index in [-0.39, 0.29) is 18.8 Å². The van der Waals surface area contributed by atoms with Crippen molar-refractivity contribution in [1.29, 1.82) is 0 Å². The number of allylic oxidation sites excluding steroid dienone is 1. The number of benzene rings is 1. The Morgan fingerprint density at radius 1 is 1.25 bits per heavy atom. The molecule has 0 atom stereocenters. The Balaban J connectivity index is 0.000000491. The maximum Gasteiger partial charge on any atom is 0.430 e. The van der Waals surface area contributed by atoms with Crippen molar-refractivity contribution in [2.24, 2.45) is 0 Å². The Hall–Kier alpha value is -3.76. The molecule has 0 aliphatic heterocycles. The molecule has 32 heavy (non-hydrogen) atoms. The number of nitrogens with one attached hydrogen (secondary N) is 1. The van der Waals surface area contributed by atoms with Gasteiger partial charge in [0.05, 0.1) is 18.3 Å². The van der Waals surface area contributed by atoms with Crippen LogP contribution in [0.4, 0.5) is 23.4 Å². The van der Waals surface area contributed by atoms with Crippen molar-refractivity contribution in [3.63, 3.8) is 0 Å². The van der Waals surface area contributed by atoms with Crippen molar-refractivity contribution in [1.82, 2.24) is 25.3 Å². The monoisotopic (exact) mass is 452 g/mol. The van der Waals surface area contributed by atoms with E-state index in [9.17, 15) is 22.4 Å². The standard InChI is InChI=1S/C16H14FN5O.C4H6F3N.CH4/c1-10(23)13-4-2-11(6-14(13)17)8-22-9-15(20-21-22)12-3-5-16(18)19-7-12;1-3(8-2)4(5,6)7;/h2-7,9H,8H2,1H3,(H2,18,19);8H,1H2,2H3;1H4. The molecule has 0 radical (unpaired) electrons. The second-order valence-electron chi connectivity index (χ2n) is 6.37. The average molecular weight is 452 g/mol. The Morgan fingerprint density at radius 3 is 2.41 bits per heavy atom. The molecular formula is C21H24F4N6O. The van der Waals surface area contributed by atoms with Gasteiger partial charge in [-0.1, -0.05) is 25.3 Å². The van der Waals surface area contributed by atoms with Gasteiger partial charge in [-0.05, 0) is 36.8 Å². The van der Waals surface area contributed by atoms with Crippen LogP contribution in [-0.2, 0) is 6.54 Å². The highest BCUT2D eigenvalue weighted by atomic mass is 19.4. The van der Waals surface area contributed by atoms with Crippen LogP contribution in [-0.4, -0.2) is 39.0 Å². The van der Waals surface area contributed by atoms with Gasteiger partial charge in [0, 0.05) is 18.8 Å². The lowest BCUT2D eigenvalue weighted by molar-refractivity contribution is -0.0955. The van der Waals surface area contributed by atoms with E-state index in [4.69, 9.17) is 5.73 Å². The summed E-state index contributed by atoms with van der Waals surface area (Å²) in [5.41, 5.74) is 6.85. The summed E-state index contributed by atoms with van der Waals surface area (Å²) in [4.78, 5) is 15.2. The number of carbonyl (C=O) groups excluding carboxylic acids is 1. The number of hydrogen-bond acceptors (Lipinski definition) is 6. The lowest BCUT2D eigenvalue weighted by Crippen LogP contribution is -2.21. The predicted octanol–water partition coefficient (Wildman–Crippen LogP) is 4.23. The third kappa shape index (κ3) is 7.18. The van der Waals surface area contributed by atoms with Crippen LogP contribution in [0.15, 0.2) is 55.0 Å². The molecule has 0 aliphatic carbocycles. The molecule has 2 aromatic heterocycles. The van der Waals surface area contributed by atoms with E-state index in [1.807, 2.05) is 5.32 Å². The molecule has 0 unspecified atom stereocenters. The number of nitrogen functional groups attached to an aromatic ring is 1. The maximum absolute atomic E-state index is 13.8. The summed E-state index contributed by atoms with van der Waals surface area (Å²) < 4.78 is 49.3. The second kappa shape index (κ2) is 11.0. The number of carbonyl (C=O) groups is 1. The first-order valence-electron chi connectivity index (χ1n) is 8.86. The number of anilines is 1. The summed E-state index contributed by atoms with van der Waals surface area (Å²) in [6.07, 6.45) is -0.941. The zero-order valence-electron chi connectivity index (χ0n) is 16.7. The zero-order valence-corrected chi connectivity index (χ0v) is 16.7. The number of alkyl halides is 3. The Labute approximate surface area is 183 Å². The van der Waals surface area contributed by atoms with Crippen molar-refractivity contribution < 1.29 is 22.4 Å². The topological polar surface area (TPSA) is 98.7 Å². The van der Waals surface area contributed by atoms with Crippen molar-refractivity contribution in [2.45, 2.75) is 27.1 Å². The van der Waals surface area contributed by atoms with Crippen molar-refractivity contribution in [2.75, 3.05) is 12.8 Å². The Morgan fingerprint density at radius 2 is 1.94 bits per heavy atom. The van der Waals surface area contributed by atoms with Gasteiger partial charge in [-0.2, -0.15) is 13.2 Å². The highest BCUT2D eigenvalue weighted by molar-refractivity contribution is 5.94. The molecule has 0 bridgehead atoms. The number of aromatic nitrogens is 4. The number of halogens is 4. The molecule has 3 aromatic rings. The van der Waals surface area contributed by atoms with E-state index in [0.29, 0.717) is 23.6 Å². The first-order chi connectivity index (χ1) is 14.5. The van der Waals surface area contributed by atoms with Crippen LogP contribution >= 0.6 is 0 Å². The largest absolute Gasteiger partial charge is 0.430 e. The zero-order chi connectivity index (χ0) is 23.2. The van der Waals surface area contributed by atoms with Crippen molar-refractivity contribution >= 4 is 11.6 Å². The van der Waals surface area contributed by atoms with E-state index in [1.54, 1.807) is 35.3 Å². The summed E-state index contributed by atoms with van der Waals surface area (Å²) in [6, 6.07) is 8.01. The van der Waals surface area contributed by atoms with Crippen LogP contribution in [0.2, 0.25) is 0 Å². The van der Waals surface area contributed by atoms with Gasteiger partial charge >= 0.3 is 6.18 Å². The third-order valence-electron chi connectivity index (χ3n) is 4.02. The van der Waals surface area contributed by atoms with Gasteiger partial charge in [0.25, 0.3) is 0 Å². The van der Waals surface area contributed by atoms with Gasteiger partial charge in [-0.15, -0.1) is 5.10 Å². The summed E-state index contributed by atoms with van der Waals surface area (Å²) in [7, 11) is 1.18. The Bertz CT molecular complexity index is 1060. The smallest absolute Gasteiger partial charge is 0.385 e. The molecule has 3 rings (SSSR count). The van der Waals surface area contributed by atoms with Crippen LogP contribution in [0, 0.1) is 5.82 Å². The van der Waals surface area contributed by atoms with Gasteiger partial charge in [-0.25, -0.2) is 14.1 Å². The molecule has 0 aliphatic rings. The highest BCUT2D eigenvalue weighted by Gasteiger charge is 2.30. The fourth-order valence-electron chi connectivity index (χ4n) is 2.34. The van der Waals surface area contributed by atoms with Crippen LogP contribution in [0.25, 0.3) is 11.3 Å². The molecule has 7 nitrogen and oxygen atoms in total. The summed E-state index contributed by atoms with van der Waals surface area (Å²) >= 11 is 0. The fourth-order valence-corrected chi connectivity index (χ4v) is 2.34. The molecule has 11 heteroatoms. The van der Waals surface area contributed by atoms with E-state index in [2.05, 4.69) is 21.9 Å². The fraction of sp³-hybridized carbons (Fsp3) is 0.238.